The van der Waals surface area contributed by atoms with Crippen LogP contribution in [0.1, 0.15) is 32.1 Å². The van der Waals surface area contributed by atoms with Crippen LogP contribution in [0, 0.1) is 11.3 Å². The third kappa shape index (κ3) is 4.53. The van der Waals surface area contributed by atoms with Crippen LogP contribution in [0.4, 0.5) is 0 Å². The average molecular weight is 376 g/mol. The largest absolute Gasteiger partial charge is 0.337 e. The Kier molecular flexibility index (Phi) is 5.61. The molecule has 0 bridgehead atoms. The van der Waals surface area contributed by atoms with E-state index in [1.165, 1.54) is 11.8 Å². The first-order valence-electron chi connectivity index (χ1n) is 8.14. The number of nitrogens with one attached hydrogen (secondary N) is 2. The van der Waals surface area contributed by atoms with Gasteiger partial charge in [0.25, 0.3) is 0 Å². The van der Waals surface area contributed by atoms with Gasteiger partial charge in [-0.3, -0.25) is 9.89 Å². The summed E-state index contributed by atoms with van der Waals surface area (Å²) < 4.78 is 0. The molecule has 1 aliphatic rings. The molecule has 0 radical (unpaired) electrons. The quantitative estimate of drug-likeness (QED) is 0.779. The molecule has 25 heavy (non-hydrogen) atoms. The number of thioether (sulfide) groups is 1. The van der Waals surface area contributed by atoms with E-state index in [9.17, 15) is 10.1 Å². The average Bonchev–Trinajstić information content (AvgIpc) is 3.10. The number of aromatic nitrogens is 3. The van der Waals surface area contributed by atoms with Gasteiger partial charge in [0, 0.05) is 10.6 Å². The van der Waals surface area contributed by atoms with Gasteiger partial charge >= 0.3 is 0 Å². The van der Waals surface area contributed by atoms with Gasteiger partial charge in [-0.05, 0) is 37.1 Å². The monoisotopic (exact) mass is 375 g/mol. The van der Waals surface area contributed by atoms with Gasteiger partial charge in [-0.25, -0.2) is 4.98 Å². The second-order valence-corrected chi connectivity index (χ2v) is 7.44. The fraction of sp³-hybridized carbons (Fsp3) is 0.412. The molecule has 1 aromatic heterocycles. The van der Waals surface area contributed by atoms with E-state index in [1.807, 2.05) is 12.1 Å². The number of carbonyl (C=O) groups excluding carboxylic acids is 1. The number of rotatable bonds is 5. The van der Waals surface area contributed by atoms with E-state index in [-0.39, 0.29) is 11.7 Å². The lowest BCUT2D eigenvalue weighted by atomic mass is 9.83. The van der Waals surface area contributed by atoms with Crippen molar-refractivity contribution in [2.24, 2.45) is 0 Å². The highest BCUT2D eigenvalue weighted by atomic mass is 35.5. The number of amides is 1. The molecule has 0 aliphatic heterocycles. The summed E-state index contributed by atoms with van der Waals surface area (Å²) in [4.78, 5) is 16.6. The number of H-pyrrole nitrogens is 1. The summed E-state index contributed by atoms with van der Waals surface area (Å²) in [7, 11) is 0. The van der Waals surface area contributed by atoms with Gasteiger partial charge in [0.15, 0.2) is 5.82 Å². The SMILES string of the molecule is N#CC1(NC(=O)CSc2n[nH]c(-c3ccc(Cl)cc3)n2)CCCCC1. The molecule has 1 aromatic carbocycles. The summed E-state index contributed by atoms with van der Waals surface area (Å²) in [6, 6.07) is 9.55. The normalized spacial score (nSPS) is 16.2. The fourth-order valence-corrected chi connectivity index (χ4v) is 3.63. The molecule has 130 valence electrons. The lowest BCUT2D eigenvalue weighted by molar-refractivity contribution is -0.120. The standard InChI is InChI=1S/C17H18ClN5OS/c18-13-6-4-12(5-7-13)15-20-16(23-22-15)25-10-14(24)21-17(11-19)8-2-1-3-9-17/h4-7H,1-3,8-10H2,(H,21,24)(H,20,22,23). The first kappa shape index (κ1) is 17.8. The molecule has 0 spiro atoms. The van der Waals surface area contributed by atoms with Crippen LogP contribution in [0.15, 0.2) is 29.4 Å². The molecule has 2 aromatic rings. The molecule has 1 fully saturated rings. The number of carbonyl (C=O) groups is 1. The third-order valence-corrected chi connectivity index (χ3v) is 5.31. The van der Waals surface area contributed by atoms with Crippen molar-refractivity contribution in [1.29, 1.82) is 5.26 Å². The van der Waals surface area contributed by atoms with Gasteiger partial charge in [-0.1, -0.05) is 42.6 Å². The minimum absolute atomic E-state index is 0.161. The molecule has 3 rings (SSSR count). The van der Waals surface area contributed by atoms with Gasteiger partial charge in [0.05, 0.1) is 11.8 Å². The topological polar surface area (TPSA) is 94.5 Å². The second-order valence-electron chi connectivity index (χ2n) is 6.06. The van der Waals surface area contributed by atoms with Crippen LogP contribution in [-0.4, -0.2) is 32.4 Å². The van der Waals surface area contributed by atoms with Crippen molar-refractivity contribution < 1.29 is 4.79 Å². The second kappa shape index (κ2) is 7.89. The molecule has 0 atom stereocenters. The van der Waals surface area contributed by atoms with Crippen molar-refractivity contribution in [3.63, 3.8) is 0 Å². The molecular formula is C17H18ClN5OS. The van der Waals surface area contributed by atoms with E-state index >= 15 is 0 Å². The summed E-state index contributed by atoms with van der Waals surface area (Å²) in [5.41, 5.74) is 0.169. The molecule has 0 unspecified atom stereocenters. The first-order chi connectivity index (χ1) is 12.1. The van der Waals surface area contributed by atoms with Gasteiger partial charge in [-0.2, -0.15) is 5.26 Å². The van der Waals surface area contributed by atoms with Crippen molar-refractivity contribution in [3.05, 3.63) is 29.3 Å². The van der Waals surface area contributed by atoms with Crippen LogP contribution in [0.3, 0.4) is 0 Å². The zero-order valence-corrected chi connectivity index (χ0v) is 15.2. The van der Waals surface area contributed by atoms with Gasteiger partial charge in [0.1, 0.15) is 5.54 Å². The van der Waals surface area contributed by atoms with E-state index in [0.29, 0.717) is 16.0 Å². The minimum atomic E-state index is -0.705. The van der Waals surface area contributed by atoms with Crippen LogP contribution in [0.25, 0.3) is 11.4 Å². The Morgan fingerprint density at radius 2 is 2.04 bits per heavy atom. The van der Waals surface area contributed by atoms with E-state index in [1.54, 1.807) is 12.1 Å². The van der Waals surface area contributed by atoms with Crippen molar-refractivity contribution in [3.8, 4) is 17.5 Å². The number of halogens is 1. The Balaban J connectivity index is 1.56. The highest BCUT2D eigenvalue weighted by Gasteiger charge is 2.33. The number of benzene rings is 1. The number of nitriles is 1. The van der Waals surface area contributed by atoms with Gasteiger partial charge < -0.3 is 5.32 Å². The number of nitrogens with zero attached hydrogens (tertiary/aromatic N) is 3. The maximum atomic E-state index is 12.2. The van der Waals surface area contributed by atoms with Crippen molar-refractivity contribution in [1.82, 2.24) is 20.5 Å². The lowest BCUT2D eigenvalue weighted by Gasteiger charge is -2.31. The van der Waals surface area contributed by atoms with Crippen molar-refractivity contribution >= 4 is 29.3 Å². The molecule has 1 amide bonds. The summed E-state index contributed by atoms with van der Waals surface area (Å²) in [6.45, 7) is 0. The third-order valence-electron chi connectivity index (χ3n) is 4.21. The number of hydrogen-bond acceptors (Lipinski definition) is 5. The molecule has 0 saturated heterocycles. The fourth-order valence-electron chi connectivity index (χ4n) is 2.90. The predicted molar refractivity (Wildman–Crippen MR) is 97.1 cm³/mol. The van der Waals surface area contributed by atoms with E-state index in [4.69, 9.17) is 11.6 Å². The Bertz CT molecular complexity index is 777. The molecule has 8 heteroatoms. The Morgan fingerprint density at radius 1 is 1.32 bits per heavy atom. The molecular weight excluding hydrogens is 358 g/mol. The highest BCUT2D eigenvalue weighted by molar-refractivity contribution is 7.99. The van der Waals surface area contributed by atoms with Gasteiger partial charge in [-0.15, -0.1) is 5.10 Å². The van der Waals surface area contributed by atoms with E-state index in [0.717, 1.165) is 37.7 Å². The Labute approximate surface area is 155 Å². The number of aromatic amines is 1. The molecule has 2 N–H and O–H groups in total. The summed E-state index contributed by atoms with van der Waals surface area (Å²) in [6.07, 6.45) is 4.53. The molecule has 1 saturated carbocycles. The summed E-state index contributed by atoms with van der Waals surface area (Å²) in [5, 5.41) is 20.4. The maximum Gasteiger partial charge on any atom is 0.231 e. The zero-order chi connectivity index (χ0) is 17.7. The van der Waals surface area contributed by atoms with Crippen molar-refractivity contribution in [2.75, 3.05) is 5.75 Å². The molecule has 1 heterocycles. The summed E-state index contributed by atoms with van der Waals surface area (Å²) >= 11 is 7.12. The van der Waals surface area contributed by atoms with E-state index < -0.39 is 5.54 Å². The Morgan fingerprint density at radius 3 is 2.72 bits per heavy atom. The zero-order valence-electron chi connectivity index (χ0n) is 13.6. The molecule has 1 aliphatic carbocycles. The van der Waals surface area contributed by atoms with Crippen LogP contribution in [-0.2, 0) is 4.79 Å². The van der Waals surface area contributed by atoms with Crippen LogP contribution >= 0.6 is 23.4 Å². The predicted octanol–water partition coefficient (Wildman–Crippen LogP) is 3.56. The molecule has 6 nitrogen and oxygen atoms in total. The minimum Gasteiger partial charge on any atom is -0.337 e. The summed E-state index contributed by atoms with van der Waals surface area (Å²) in [5.74, 6) is 0.646. The van der Waals surface area contributed by atoms with Crippen LogP contribution in [0.2, 0.25) is 5.02 Å². The Hall–Kier alpha value is -2.04. The number of hydrogen-bond donors (Lipinski definition) is 2. The van der Waals surface area contributed by atoms with E-state index in [2.05, 4.69) is 26.6 Å². The smallest absolute Gasteiger partial charge is 0.231 e. The lowest BCUT2D eigenvalue weighted by Crippen LogP contribution is -2.49. The van der Waals surface area contributed by atoms with Gasteiger partial charge in [0.2, 0.25) is 11.1 Å². The first-order valence-corrected chi connectivity index (χ1v) is 9.50. The van der Waals surface area contributed by atoms with Crippen LogP contribution < -0.4 is 5.32 Å². The van der Waals surface area contributed by atoms with Crippen molar-refractivity contribution in [2.45, 2.75) is 42.8 Å². The highest BCUT2D eigenvalue weighted by Crippen LogP contribution is 2.28. The van der Waals surface area contributed by atoms with Crippen LogP contribution in [0.5, 0.6) is 0 Å². The maximum absolute atomic E-state index is 12.2.